The highest BCUT2D eigenvalue weighted by molar-refractivity contribution is 6.30. The van der Waals surface area contributed by atoms with Crippen LogP contribution < -0.4 is 9.64 Å². The zero-order chi connectivity index (χ0) is 14.4. The minimum atomic E-state index is -0.498. The summed E-state index contributed by atoms with van der Waals surface area (Å²) in [5, 5.41) is -0.498. The number of ether oxygens (including phenoxy) is 1. The molecule has 0 aliphatic heterocycles. The van der Waals surface area contributed by atoms with Gasteiger partial charge in [-0.25, -0.2) is 0 Å². The van der Waals surface area contributed by atoms with E-state index < -0.39 is 5.38 Å². The molecule has 5 heteroatoms. The van der Waals surface area contributed by atoms with Gasteiger partial charge >= 0.3 is 0 Å². The maximum Gasteiger partial charge on any atom is 0.240 e. The maximum absolute atomic E-state index is 11.6. The Balaban J connectivity index is 2.45. The highest BCUT2D eigenvalue weighted by Gasteiger charge is 2.14. The molecule has 0 radical (unpaired) electrons. The predicted molar refractivity (Wildman–Crippen MR) is 79.2 cm³/mol. The molecule has 0 aliphatic carbocycles. The summed E-state index contributed by atoms with van der Waals surface area (Å²) in [6.07, 6.45) is 0. The van der Waals surface area contributed by atoms with Gasteiger partial charge in [0.2, 0.25) is 5.91 Å². The van der Waals surface area contributed by atoms with E-state index in [2.05, 4.69) is 0 Å². The van der Waals surface area contributed by atoms with E-state index in [1.54, 1.807) is 18.9 Å². The second kappa shape index (κ2) is 7.24. The summed E-state index contributed by atoms with van der Waals surface area (Å²) in [7, 11) is 5.68. The first kappa shape index (κ1) is 15.6. The molecule has 1 aromatic rings. The van der Waals surface area contributed by atoms with E-state index in [-0.39, 0.29) is 5.91 Å². The first-order valence-corrected chi connectivity index (χ1v) is 6.64. The van der Waals surface area contributed by atoms with Gasteiger partial charge in [0.1, 0.15) is 17.7 Å². The molecule has 1 unspecified atom stereocenters. The highest BCUT2D eigenvalue weighted by Crippen LogP contribution is 2.19. The van der Waals surface area contributed by atoms with Crippen LogP contribution in [0.3, 0.4) is 0 Å². The zero-order valence-electron chi connectivity index (χ0n) is 11.9. The SMILES string of the molecule is CC(Cl)C(=O)N(C)CCOc1cccc(N(C)C)c1. The topological polar surface area (TPSA) is 32.8 Å². The van der Waals surface area contributed by atoms with Crippen molar-refractivity contribution >= 4 is 23.2 Å². The molecule has 0 spiro atoms. The van der Waals surface area contributed by atoms with E-state index in [0.29, 0.717) is 13.2 Å². The Labute approximate surface area is 119 Å². The number of alkyl halides is 1. The van der Waals surface area contributed by atoms with E-state index in [4.69, 9.17) is 16.3 Å². The Morgan fingerprint density at radius 1 is 1.37 bits per heavy atom. The number of likely N-dealkylation sites (N-methyl/N-ethyl adjacent to an activating group) is 1. The van der Waals surface area contributed by atoms with E-state index in [0.717, 1.165) is 11.4 Å². The smallest absolute Gasteiger partial charge is 0.240 e. The van der Waals surface area contributed by atoms with E-state index in [1.165, 1.54) is 0 Å². The quantitative estimate of drug-likeness (QED) is 0.751. The number of halogens is 1. The van der Waals surface area contributed by atoms with Crippen molar-refractivity contribution in [3.8, 4) is 5.75 Å². The molecule has 0 heterocycles. The molecule has 0 saturated carbocycles. The summed E-state index contributed by atoms with van der Waals surface area (Å²) >= 11 is 5.74. The fourth-order valence-corrected chi connectivity index (χ4v) is 1.73. The lowest BCUT2D eigenvalue weighted by atomic mass is 10.3. The maximum atomic E-state index is 11.6. The first-order chi connectivity index (χ1) is 8.91. The standard InChI is InChI=1S/C14H21ClN2O2/c1-11(15)14(18)17(4)8-9-19-13-7-5-6-12(10-13)16(2)3/h5-7,10-11H,8-9H2,1-4H3. The second-order valence-corrected chi connectivity index (χ2v) is 5.27. The van der Waals surface area contributed by atoms with Crippen LogP contribution in [0.15, 0.2) is 24.3 Å². The van der Waals surface area contributed by atoms with Crippen molar-refractivity contribution in [2.75, 3.05) is 39.2 Å². The third kappa shape index (κ3) is 4.99. The van der Waals surface area contributed by atoms with Gasteiger partial charge < -0.3 is 14.5 Å². The zero-order valence-corrected chi connectivity index (χ0v) is 12.6. The minimum absolute atomic E-state index is 0.0905. The number of amides is 1. The normalized spacial score (nSPS) is 11.8. The molecule has 0 aromatic heterocycles. The molecular weight excluding hydrogens is 264 g/mol. The number of hydrogen-bond donors (Lipinski definition) is 0. The minimum Gasteiger partial charge on any atom is -0.492 e. The van der Waals surface area contributed by atoms with E-state index >= 15 is 0 Å². The van der Waals surface area contributed by atoms with Gasteiger partial charge in [0.25, 0.3) is 0 Å². The number of carbonyl (C=O) groups excluding carboxylic acids is 1. The van der Waals surface area contributed by atoms with Crippen LogP contribution in [0.1, 0.15) is 6.92 Å². The van der Waals surface area contributed by atoms with Crippen LogP contribution in [0.4, 0.5) is 5.69 Å². The molecule has 0 aliphatic rings. The van der Waals surface area contributed by atoms with Crippen LogP contribution >= 0.6 is 11.6 Å². The third-order valence-electron chi connectivity index (χ3n) is 2.75. The van der Waals surface area contributed by atoms with Gasteiger partial charge in [-0.3, -0.25) is 4.79 Å². The van der Waals surface area contributed by atoms with Crippen LogP contribution in [0, 0.1) is 0 Å². The fourth-order valence-electron chi connectivity index (χ4n) is 1.57. The predicted octanol–water partition coefficient (Wildman–Crippen LogP) is 2.22. The van der Waals surface area contributed by atoms with Crippen molar-refractivity contribution in [1.82, 2.24) is 4.90 Å². The van der Waals surface area contributed by atoms with Gasteiger partial charge in [-0.05, 0) is 19.1 Å². The van der Waals surface area contributed by atoms with Crippen molar-refractivity contribution in [3.63, 3.8) is 0 Å². The van der Waals surface area contributed by atoms with Gasteiger partial charge in [0.15, 0.2) is 0 Å². The van der Waals surface area contributed by atoms with Gasteiger partial charge in [0.05, 0.1) is 6.54 Å². The fraction of sp³-hybridized carbons (Fsp3) is 0.500. The summed E-state index contributed by atoms with van der Waals surface area (Å²) in [5.41, 5.74) is 1.08. The monoisotopic (exact) mass is 284 g/mol. The largest absolute Gasteiger partial charge is 0.492 e. The summed E-state index contributed by atoms with van der Waals surface area (Å²) in [6.45, 7) is 2.63. The lowest BCUT2D eigenvalue weighted by molar-refractivity contribution is -0.129. The number of hydrogen-bond acceptors (Lipinski definition) is 3. The van der Waals surface area contributed by atoms with Crippen LogP contribution in [0.25, 0.3) is 0 Å². The molecule has 0 bridgehead atoms. The number of carbonyl (C=O) groups is 1. The molecule has 1 amide bonds. The lowest BCUT2D eigenvalue weighted by Crippen LogP contribution is -2.35. The molecule has 4 nitrogen and oxygen atoms in total. The van der Waals surface area contributed by atoms with Crippen LogP contribution in [-0.4, -0.2) is 50.5 Å². The molecule has 0 N–H and O–H groups in total. The third-order valence-corrected chi connectivity index (χ3v) is 2.93. The van der Waals surface area contributed by atoms with E-state index in [9.17, 15) is 4.79 Å². The summed E-state index contributed by atoms with van der Waals surface area (Å²) in [5.74, 6) is 0.707. The summed E-state index contributed by atoms with van der Waals surface area (Å²) < 4.78 is 5.63. The summed E-state index contributed by atoms with van der Waals surface area (Å²) in [6, 6.07) is 7.82. The Kier molecular flexibility index (Phi) is 5.96. The number of anilines is 1. The molecule has 1 atom stereocenters. The molecule has 0 fully saturated rings. The number of benzene rings is 1. The Hall–Kier alpha value is -1.42. The number of rotatable bonds is 6. The highest BCUT2D eigenvalue weighted by atomic mass is 35.5. The molecule has 19 heavy (non-hydrogen) atoms. The van der Waals surface area contributed by atoms with Crippen LogP contribution in [-0.2, 0) is 4.79 Å². The van der Waals surface area contributed by atoms with Crippen LogP contribution in [0.2, 0.25) is 0 Å². The van der Waals surface area contributed by atoms with Crippen molar-refractivity contribution in [2.24, 2.45) is 0 Å². The molecular formula is C14H21ClN2O2. The Morgan fingerprint density at radius 3 is 2.63 bits per heavy atom. The average molecular weight is 285 g/mol. The lowest BCUT2D eigenvalue weighted by Gasteiger charge is -2.19. The Bertz CT molecular complexity index is 422. The second-order valence-electron chi connectivity index (χ2n) is 4.62. The molecule has 106 valence electrons. The molecule has 1 aromatic carbocycles. The van der Waals surface area contributed by atoms with Crippen molar-refractivity contribution in [3.05, 3.63) is 24.3 Å². The Morgan fingerprint density at radius 2 is 2.05 bits per heavy atom. The van der Waals surface area contributed by atoms with Gasteiger partial charge in [-0.2, -0.15) is 0 Å². The van der Waals surface area contributed by atoms with Crippen molar-refractivity contribution in [2.45, 2.75) is 12.3 Å². The molecule has 1 rings (SSSR count). The van der Waals surface area contributed by atoms with Gasteiger partial charge in [-0.1, -0.05) is 6.07 Å². The van der Waals surface area contributed by atoms with Gasteiger partial charge in [-0.15, -0.1) is 11.6 Å². The van der Waals surface area contributed by atoms with Crippen molar-refractivity contribution < 1.29 is 9.53 Å². The first-order valence-electron chi connectivity index (χ1n) is 6.21. The van der Waals surface area contributed by atoms with Crippen molar-refractivity contribution in [1.29, 1.82) is 0 Å². The van der Waals surface area contributed by atoms with E-state index in [1.807, 2.05) is 43.3 Å². The molecule has 0 saturated heterocycles. The summed E-state index contributed by atoms with van der Waals surface area (Å²) in [4.78, 5) is 15.1. The average Bonchev–Trinajstić information content (AvgIpc) is 2.37. The van der Waals surface area contributed by atoms with Crippen LogP contribution in [0.5, 0.6) is 5.75 Å². The number of nitrogens with zero attached hydrogens (tertiary/aromatic N) is 2. The van der Waals surface area contributed by atoms with Gasteiger partial charge in [0, 0.05) is 32.9 Å².